The van der Waals surface area contributed by atoms with E-state index in [4.69, 9.17) is 0 Å². The molecule has 0 radical (unpaired) electrons. The second-order valence-electron chi connectivity index (χ2n) is 6.85. The molecule has 1 aliphatic carbocycles. The van der Waals surface area contributed by atoms with Gasteiger partial charge in [0.2, 0.25) is 5.91 Å². The van der Waals surface area contributed by atoms with E-state index in [1.807, 2.05) is 0 Å². The summed E-state index contributed by atoms with van der Waals surface area (Å²) < 4.78 is 13.2. The van der Waals surface area contributed by atoms with Gasteiger partial charge < -0.3 is 15.7 Å². The maximum atomic E-state index is 13.2. The lowest BCUT2D eigenvalue weighted by atomic mass is 9.68. The Morgan fingerprint density at radius 2 is 1.91 bits per heavy atom. The first-order valence-corrected chi connectivity index (χ1v) is 8.55. The zero-order valence-electron chi connectivity index (χ0n) is 13.4. The van der Waals surface area contributed by atoms with Crippen LogP contribution >= 0.6 is 0 Å². The van der Waals surface area contributed by atoms with Crippen LogP contribution in [0.4, 0.5) is 4.39 Å². The topological polar surface area (TPSA) is 61.4 Å². The maximum absolute atomic E-state index is 13.2. The van der Waals surface area contributed by atoms with Crippen molar-refractivity contribution < 1.29 is 14.3 Å². The van der Waals surface area contributed by atoms with Crippen molar-refractivity contribution in [3.8, 4) is 0 Å². The number of hydrogen-bond donors (Lipinski definition) is 3. The van der Waals surface area contributed by atoms with Crippen LogP contribution < -0.4 is 10.6 Å². The fourth-order valence-corrected chi connectivity index (χ4v) is 3.89. The van der Waals surface area contributed by atoms with Crippen LogP contribution in [0.2, 0.25) is 0 Å². The van der Waals surface area contributed by atoms with Crippen molar-refractivity contribution >= 4 is 5.91 Å². The molecule has 1 saturated heterocycles. The highest BCUT2D eigenvalue weighted by Gasteiger charge is 2.41. The number of halogens is 1. The number of hydrogen-bond acceptors (Lipinski definition) is 3. The van der Waals surface area contributed by atoms with E-state index in [1.165, 1.54) is 12.1 Å². The minimum absolute atomic E-state index is 0.0166. The smallest absolute Gasteiger partial charge is 0.230 e. The molecule has 5 heteroatoms. The van der Waals surface area contributed by atoms with Crippen LogP contribution in [-0.2, 0) is 10.2 Å². The van der Waals surface area contributed by atoms with Gasteiger partial charge in [-0.2, -0.15) is 0 Å². The highest BCUT2D eigenvalue weighted by atomic mass is 19.1. The maximum Gasteiger partial charge on any atom is 0.230 e. The van der Waals surface area contributed by atoms with Crippen molar-refractivity contribution in [1.82, 2.24) is 10.6 Å². The van der Waals surface area contributed by atoms with Crippen LogP contribution in [-0.4, -0.2) is 36.8 Å². The van der Waals surface area contributed by atoms with Crippen LogP contribution in [0.5, 0.6) is 0 Å². The average molecular weight is 320 g/mol. The van der Waals surface area contributed by atoms with E-state index in [0.29, 0.717) is 13.1 Å². The summed E-state index contributed by atoms with van der Waals surface area (Å²) in [6, 6.07) is 6.35. The number of carbonyl (C=O) groups excluding carboxylic acids is 1. The third-order valence-electron chi connectivity index (χ3n) is 5.37. The molecule has 1 saturated carbocycles. The second kappa shape index (κ2) is 6.97. The van der Waals surface area contributed by atoms with Gasteiger partial charge in [0.1, 0.15) is 5.82 Å². The quantitative estimate of drug-likeness (QED) is 0.792. The third kappa shape index (κ3) is 3.40. The molecule has 2 unspecified atom stereocenters. The van der Waals surface area contributed by atoms with Gasteiger partial charge in [-0.3, -0.25) is 4.79 Å². The number of amides is 1. The Morgan fingerprint density at radius 3 is 2.52 bits per heavy atom. The zero-order chi connectivity index (χ0) is 16.3. The molecule has 23 heavy (non-hydrogen) atoms. The number of aliphatic hydroxyl groups is 1. The minimum atomic E-state index is -0.553. The van der Waals surface area contributed by atoms with Gasteiger partial charge >= 0.3 is 0 Å². The molecule has 4 nitrogen and oxygen atoms in total. The van der Waals surface area contributed by atoms with Crippen LogP contribution in [0.25, 0.3) is 0 Å². The fourth-order valence-electron chi connectivity index (χ4n) is 3.89. The van der Waals surface area contributed by atoms with Crippen molar-refractivity contribution in [2.24, 2.45) is 5.92 Å². The van der Waals surface area contributed by atoms with Crippen LogP contribution in [0, 0.1) is 11.7 Å². The standard InChI is InChI=1S/C18H25FN2O2/c19-15-6-4-14(5-7-15)18(8-2-1-3-9-18)17(23)21-11-13-10-20-12-16(13)22/h4-7,13,16,20,22H,1-3,8-12H2,(H,21,23). The molecule has 1 amide bonds. The summed E-state index contributed by atoms with van der Waals surface area (Å²) in [4.78, 5) is 13.0. The van der Waals surface area contributed by atoms with E-state index in [2.05, 4.69) is 10.6 Å². The zero-order valence-corrected chi connectivity index (χ0v) is 13.4. The van der Waals surface area contributed by atoms with Crippen molar-refractivity contribution in [3.05, 3.63) is 35.6 Å². The predicted octanol–water partition coefficient (Wildman–Crippen LogP) is 1.72. The van der Waals surface area contributed by atoms with Gasteiger partial charge in [0.15, 0.2) is 0 Å². The molecule has 2 aliphatic rings. The summed E-state index contributed by atoms with van der Waals surface area (Å²) in [6.45, 7) is 1.80. The van der Waals surface area contributed by atoms with Crippen molar-refractivity contribution in [2.45, 2.75) is 43.6 Å². The number of β-amino-alcohol motifs (C(OH)–C–C–N with tert-alkyl or cyclic N) is 1. The van der Waals surface area contributed by atoms with Crippen molar-refractivity contribution in [1.29, 1.82) is 0 Å². The Labute approximate surface area is 136 Å². The Morgan fingerprint density at radius 1 is 1.22 bits per heavy atom. The molecule has 2 atom stereocenters. The lowest BCUT2D eigenvalue weighted by molar-refractivity contribution is -0.128. The molecule has 1 aromatic carbocycles. The Kier molecular flexibility index (Phi) is 4.97. The molecule has 2 fully saturated rings. The molecule has 1 aliphatic heterocycles. The predicted molar refractivity (Wildman–Crippen MR) is 86.5 cm³/mol. The normalized spacial score (nSPS) is 26.9. The van der Waals surface area contributed by atoms with E-state index >= 15 is 0 Å². The van der Waals surface area contributed by atoms with E-state index in [-0.39, 0.29) is 17.6 Å². The summed E-state index contributed by atoms with van der Waals surface area (Å²) in [5, 5.41) is 16.0. The average Bonchev–Trinajstić information content (AvgIpc) is 2.99. The van der Waals surface area contributed by atoms with Gasteiger partial charge in [-0.05, 0) is 30.5 Å². The molecule has 0 bridgehead atoms. The van der Waals surface area contributed by atoms with Crippen LogP contribution in [0.1, 0.15) is 37.7 Å². The van der Waals surface area contributed by atoms with Crippen molar-refractivity contribution in [3.63, 3.8) is 0 Å². The van der Waals surface area contributed by atoms with Crippen LogP contribution in [0.3, 0.4) is 0 Å². The molecule has 126 valence electrons. The molecule has 3 rings (SSSR count). The van der Waals surface area contributed by atoms with Gasteiger partial charge in [0, 0.05) is 25.6 Å². The highest BCUT2D eigenvalue weighted by molar-refractivity contribution is 5.88. The third-order valence-corrected chi connectivity index (χ3v) is 5.37. The summed E-state index contributed by atoms with van der Waals surface area (Å²) in [6.07, 6.45) is 4.37. The summed E-state index contributed by atoms with van der Waals surface area (Å²) in [5.41, 5.74) is 0.351. The van der Waals surface area contributed by atoms with Gasteiger partial charge in [0.05, 0.1) is 11.5 Å². The van der Waals surface area contributed by atoms with E-state index in [0.717, 1.165) is 44.2 Å². The number of rotatable bonds is 4. The second-order valence-corrected chi connectivity index (χ2v) is 6.85. The summed E-state index contributed by atoms with van der Waals surface area (Å²) in [5.74, 6) is -0.198. The summed E-state index contributed by atoms with van der Waals surface area (Å²) >= 11 is 0. The molecule has 3 N–H and O–H groups in total. The number of benzene rings is 1. The SMILES string of the molecule is O=C(NCC1CNCC1O)C1(c2ccc(F)cc2)CCCCC1. The molecule has 0 aromatic heterocycles. The molecule has 0 spiro atoms. The fraction of sp³-hybridized carbons (Fsp3) is 0.611. The number of carbonyl (C=O) groups is 1. The largest absolute Gasteiger partial charge is 0.391 e. The number of nitrogens with one attached hydrogen (secondary N) is 2. The lowest BCUT2D eigenvalue weighted by Crippen LogP contribution is -2.48. The van der Waals surface area contributed by atoms with Gasteiger partial charge in [0.25, 0.3) is 0 Å². The van der Waals surface area contributed by atoms with Crippen molar-refractivity contribution in [2.75, 3.05) is 19.6 Å². The first kappa shape index (κ1) is 16.4. The first-order valence-electron chi connectivity index (χ1n) is 8.55. The Hall–Kier alpha value is -1.46. The lowest BCUT2D eigenvalue weighted by Gasteiger charge is -2.36. The molecular weight excluding hydrogens is 295 g/mol. The Bertz CT molecular complexity index is 540. The van der Waals surface area contributed by atoms with E-state index < -0.39 is 11.5 Å². The molecule has 1 aromatic rings. The molecular formula is C18H25FN2O2. The van der Waals surface area contributed by atoms with Crippen LogP contribution in [0.15, 0.2) is 24.3 Å². The summed E-state index contributed by atoms with van der Waals surface area (Å²) in [7, 11) is 0. The minimum Gasteiger partial charge on any atom is -0.391 e. The number of aliphatic hydroxyl groups excluding tert-OH is 1. The molecule has 1 heterocycles. The van der Waals surface area contributed by atoms with Gasteiger partial charge in [-0.1, -0.05) is 31.4 Å². The van der Waals surface area contributed by atoms with E-state index in [1.54, 1.807) is 12.1 Å². The highest BCUT2D eigenvalue weighted by Crippen LogP contribution is 2.39. The van der Waals surface area contributed by atoms with Gasteiger partial charge in [-0.15, -0.1) is 0 Å². The first-order chi connectivity index (χ1) is 11.1. The Balaban J connectivity index is 1.75. The van der Waals surface area contributed by atoms with Gasteiger partial charge in [-0.25, -0.2) is 4.39 Å². The monoisotopic (exact) mass is 320 g/mol. The van der Waals surface area contributed by atoms with E-state index in [9.17, 15) is 14.3 Å².